The first-order chi connectivity index (χ1) is 9.83. The molecule has 1 aromatic rings. The van der Waals surface area contributed by atoms with Crippen molar-refractivity contribution in [2.45, 2.75) is 50.5 Å². The highest BCUT2D eigenvalue weighted by atomic mass is 32.2. The molecule has 114 valence electrons. The van der Waals surface area contributed by atoms with Crippen LogP contribution in [0.25, 0.3) is 0 Å². The van der Waals surface area contributed by atoms with Gasteiger partial charge in [-0.1, -0.05) is 6.07 Å². The molecule has 0 saturated heterocycles. The fraction of sp³-hybridized carbons (Fsp3) is 0.500. The fourth-order valence-electron chi connectivity index (χ4n) is 2.08. The summed E-state index contributed by atoms with van der Waals surface area (Å²) in [6, 6.07) is 6.01. The third-order valence-electron chi connectivity index (χ3n) is 2.92. The highest BCUT2D eigenvalue weighted by molar-refractivity contribution is 7.99. The number of amides is 1. The molecule has 21 heavy (non-hydrogen) atoms. The maximum Gasteiger partial charge on any atom is 0.306 e. The molecule has 2 rings (SSSR count). The number of rotatable bonds is 5. The molecular weight excluding hydrogens is 286 g/mol. The molecule has 0 atom stereocenters. The molecule has 1 aliphatic heterocycles. The normalized spacial score (nSPS) is 13.8. The van der Waals surface area contributed by atoms with Crippen LogP contribution in [0.5, 0.6) is 0 Å². The molecule has 0 fully saturated rings. The summed E-state index contributed by atoms with van der Waals surface area (Å²) < 4.78 is 5.27. The van der Waals surface area contributed by atoms with Gasteiger partial charge in [0.1, 0.15) is 5.60 Å². The second-order valence-electron chi connectivity index (χ2n) is 6.08. The van der Waals surface area contributed by atoms with Crippen LogP contribution in [-0.4, -0.2) is 23.2 Å². The molecule has 0 saturated carbocycles. The predicted octanol–water partition coefficient (Wildman–Crippen LogP) is 3.40. The Hall–Kier alpha value is -1.49. The molecule has 0 aromatic heterocycles. The summed E-state index contributed by atoms with van der Waals surface area (Å²) in [7, 11) is 0. The summed E-state index contributed by atoms with van der Waals surface area (Å²) >= 11 is 1.69. The standard InChI is InChI=1S/C16H21NO3S/c1-16(2,3)20-15(19)5-4-8-21-12-7-6-11-9-14(18)17-13(11)10-12/h6-7,10H,4-5,8-9H2,1-3H3,(H,17,18). The van der Waals surface area contributed by atoms with Crippen LogP contribution in [-0.2, 0) is 20.7 Å². The fourth-order valence-corrected chi connectivity index (χ4v) is 2.97. The van der Waals surface area contributed by atoms with Gasteiger partial charge in [0, 0.05) is 17.0 Å². The largest absolute Gasteiger partial charge is 0.460 e. The summed E-state index contributed by atoms with van der Waals surface area (Å²) in [5, 5.41) is 2.85. The number of thioether (sulfide) groups is 1. The molecule has 0 radical (unpaired) electrons. The Kier molecular flexibility index (Phi) is 4.93. The van der Waals surface area contributed by atoms with E-state index in [2.05, 4.69) is 5.32 Å². The van der Waals surface area contributed by atoms with E-state index in [-0.39, 0.29) is 11.9 Å². The van der Waals surface area contributed by atoms with Gasteiger partial charge in [-0.25, -0.2) is 0 Å². The van der Waals surface area contributed by atoms with Gasteiger partial charge in [0.25, 0.3) is 0 Å². The van der Waals surface area contributed by atoms with Crippen molar-refractivity contribution in [1.29, 1.82) is 0 Å². The second kappa shape index (κ2) is 6.52. The summed E-state index contributed by atoms with van der Waals surface area (Å²) in [5.74, 6) is 0.757. The zero-order valence-electron chi connectivity index (χ0n) is 12.7. The Morgan fingerprint density at radius 3 is 2.86 bits per heavy atom. The SMILES string of the molecule is CC(C)(C)OC(=O)CCCSc1ccc2c(c1)NC(=O)C2. The Morgan fingerprint density at radius 2 is 2.14 bits per heavy atom. The predicted molar refractivity (Wildman–Crippen MR) is 84.6 cm³/mol. The number of anilines is 1. The number of benzene rings is 1. The average Bonchev–Trinajstić information content (AvgIpc) is 2.71. The van der Waals surface area contributed by atoms with Crippen LogP contribution in [0.15, 0.2) is 23.1 Å². The van der Waals surface area contributed by atoms with E-state index in [9.17, 15) is 9.59 Å². The molecule has 1 aliphatic rings. The van der Waals surface area contributed by atoms with E-state index in [1.165, 1.54) is 0 Å². The van der Waals surface area contributed by atoms with Gasteiger partial charge in [0.15, 0.2) is 0 Å². The molecule has 1 amide bonds. The van der Waals surface area contributed by atoms with Crippen molar-refractivity contribution in [3.63, 3.8) is 0 Å². The van der Waals surface area contributed by atoms with E-state index in [0.29, 0.717) is 12.8 Å². The first-order valence-electron chi connectivity index (χ1n) is 7.11. The van der Waals surface area contributed by atoms with Gasteiger partial charge in [-0.2, -0.15) is 0 Å². The van der Waals surface area contributed by atoms with Gasteiger partial charge in [0.05, 0.1) is 6.42 Å². The molecule has 0 unspecified atom stereocenters. The Morgan fingerprint density at radius 1 is 1.38 bits per heavy atom. The zero-order valence-corrected chi connectivity index (χ0v) is 13.5. The van der Waals surface area contributed by atoms with Gasteiger partial charge < -0.3 is 10.1 Å². The minimum absolute atomic E-state index is 0.0528. The lowest BCUT2D eigenvalue weighted by atomic mass is 10.2. The number of ether oxygens (including phenoxy) is 1. The van der Waals surface area contributed by atoms with Crippen LogP contribution in [0.4, 0.5) is 5.69 Å². The summed E-state index contributed by atoms with van der Waals surface area (Å²) in [6.45, 7) is 5.62. The first-order valence-corrected chi connectivity index (χ1v) is 8.09. The molecular formula is C16H21NO3S. The van der Waals surface area contributed by atoms with Crippen molar-refractivity contribution in [3.8, 4) is 0 Å². The molecule has 1 aromatic carbocycles. The molecule has 4 nitrogen and oxygen atoms in total. The quantitative estimate of drug-likeness (QED) is 0.514. The number of carbonyl (C=O) groups is 2. The number of nitrogens with one attached hydrogen (secondary N) is 1. The first kappa shape index (κ1) is 15.9. The monoisotopic (exact) mass is 307 g/mol. The van der Waals surface area contributed by atoms with Crippen molar-refractivity contribution >= 4 is 29.3 Å². The Bertz CT molecular complexity index is 549. The highest BCUT2D eigenvalue weighted by Crippen LogP contribution is 2.29. The lowest BCUT2D eigenvalue weighted by Crippen LogP contribution is -2.23. The topological polar surface area (TPSA) is 55.4 Å². The number of fused-ring (bicyclic) bond motifs is 1. The van der Waals surface area contributed by atoms with Crippen LogP contribution in [0, 0.1) is 0 Å². The molecule has 0 aliphatic carbocycles. The van der Waals surface area contributed by atoms with Crippen LogP contribution < -0.4 is 5.32 Å². The van der Waals surface area contributed by atoms with Crippen LogP contribution >= 0.6 is 11.8 Å². The van der Waals surface area contributed by atoms with Crippen molar-refractivity contribution in [3.05, 3.63) is 23.8 Å². The van der Waals surface area contributed by atoms with E-state index in [4.69, 9.17) is 4.74 Å². The maximum absolute atomic E-state index is 11.6. The van der Waals surface area contributed by atoms with E-state index < -0.39 is 5.60 Å². The van der Waals surface area contributed by atoms with Crippen LogP contribution in [0.1, 0.15) is 39.2 Å². The lowest BCUT2D eigenvalue weighted by Gasteiger charge is -2.19. The van der Waals surface area contributed by atoms with Gasteiger partial charge in [-0.05, 0) is 50.6 Å². The number of hydrogen-bond acceptors (Lipinski definition) is 4. The van der Waals surface area contributed by atoms with Gasteiger partial charge in [-0.3, -0.25) is 9.59 Å². The number of esters is 1. The van der Waals surface area contributed by atoms with E-state index >= 15 is 0 Å². The Labute approximate surface area is 129 Å². The minimum atomic E-state index is -0.414. The molecule has 1 heterocycles. The summed E-state index contributed by atoms with van der Waals surface area (Å²) in [6.07, 6.45) is 1.69. The average molecular weight is 307 g/mol. The van der Waals surface area contributed by atoms with Gasteiger partial charge >= 0.3 is 5.97 Å². The van der Waals surface area contributed by atoms with E-state index in [1.807, 2.05) is 39.0 Å². The second-order valence-corrected chi connectivity index (χ2v) is 7.25. The van der Waals surface area contributed by atoms with Crippen molar-refractivity contribution in [1.82, 2.24) is 0 Å². The zero-order chi connectivity index (χ0) is 15.5. The van der Waals surface area contributed by atoms with Crippen LogP contribution in [0.2, 0.25) is 0 Å². The molecule has 0 spiro atoms. The summed E-state index contributed by atoms with van der Waals surface area (Å²) in [4.78, 5) is 24.0. The Balaban J connectivity index is 1.74. The molecule has 1 N–H and O–H groups in total. The highest BCUT2D eigenvalue weighted by Gasteiger charge is 2.18. The molecule has 0 bridgehead atoms. The molecule has 5 heteroatoms. The third-order valence-corrected chi connectivity index (χ3v) is 4.00. The van der Waals surface area contributed by atoms with Gasteiger partial charge in [0.2, 0.25) is 5.91 Å². The van der Waals surface area contributed by atoms with Crippen molar-refractivity contribution in [2.75, 3.05) is 11.1 Å². The third kappa shape index (κ3) is 5.08. The van der Waals surface area contributed by atoms with Gasteiger partial charge in [-0.15, -0.1) is 11.8 Å². The maximum atomic E-state index is 11.6. The van der Waals surface area contributed by atoms with Crippen molar-refractivity contribution in [2.24, 2.45) is 0 Å². The summed E-state index contributed by atoms with van der Waals surface area (Å²) in [5.41, 5.74) is 1.55. The lowest BCUT2D eigenvalue weighted by molar-refractivity contribution is -0.154. The number of carbonyl (C=O) groups excluding carboxylic acids is 2. The number of hydrogen-bond donors (Lipinski definition) is 1. The smallest absolute Gasteiger partial charge is 0.306 e. The van der Waals surface area contributed by atoms with Crippen LogP contribution in [0.3, 0.4) is 0 Å². The van der Waals surface area contributed by atoms with E-state index in [1.54, 1.807) is 11.8 Å². The van der Waals surface area contributed by atoms with Crippen molar-refractivity contribution < 1.29 is 14.3 Å². The minimum Gasteiger partial charge on any atom is -0.460 e. The van der Waals surface area contributed by atoms with E-state index in [0.717, 1.165) is 28.3 Å².